The van der Waals surface area contributed by atoms with Crippen LogP contribution in [0, 0.1) is 5.92 Å². The minimum Gasteiger partial charge on any atom is -0.342 e. The van der Waals surface area contributed by atoms with E-state index in [9.17, 15) is 13.2 Å². The van der Waals surface area contributed by atoms with Crippen LogP contribution in [0.2, 0.25) is 0 Å². The maximum Gasteiger partial charge on any atom is 0.226 e. The molecule has 114 valence electrons. The number of piperidine rings is 1. The van der Waals surface area contributed by atoms with E-state index in [4.69, 9.17) is 0 Å². The lowest BCUT2D eigenvalue weighted by Gasteiger charge is -2.33. The Morgan fingerprint density at radius 2 is 1.71 bits per heavy atom. The molecule has 2 aliphatic rings. The van der Waals surface area contributed by atoms with Crippen LogP contribution >= 0.6 is 0 Å². The quantitative estimate of drug-likeness (QED) is 0.837. The highest BCUT2D eigenvalue weighted by Crippen LogP contribution is 2.29. The summed E-state index contributed by atoms with van der Waals surface area (Å²) >= 11 is 0. The molecular weight excluding hydrogens is 286 g/mol. The summed E-state index contributed by atoms with van der Waals surface area (Å²) in [7, 11) is -2.98. The summed E-state index contributed by atoms with van der Waals surface area (Å²) in [6, 6.07) is 10.4. The van der Waals surface area contributed by atoms with Crippen LogP contribution < -0.4 is 0 Å². The van der Waals surface area contributed by atoms with Crippen molar-refractivity contribution in [2.45, 2.75) is 25.2 Å². The maximum absolute atomic E-state index is 12.4. The van der Waals surface area contributed by atoms with E-state index >= 15 is 0 Å². The van der Waals surface area contributed by atoms with Gasteiger partial charge in [0, 0.05) is 13.1 Å². The summed E-state index contributed by atoms with van der Waals surface area (Å²) in [5, 5.41) is 0. The molecule has 0 aromatic heterocycles. The van der Waals surface area contributed by atoms with Gasteiger partial charge in [-0.05, 0) is 30.7 Å². The maximum atomic E-state index is 12.4. The molecule has 3 rings (SSSR count). The number of likely N-dealkylation sites (tertiary alicyclic amines) is 1. The number of rotatable bonds is 2. The van der Waals surface area contributed by atoms with Crippen molar-refractivity contribution in [3.8, 4) is 0 Å². The van der Waals surface area contributed by atoms with E-state index in [0.29, 0.717) is 12.3 Å². The summed E-state index contributed by atoms with van der Waals surface area (Å²) in [4.78, 5) is 14.3. The van der Waals surface area contributed by atoms with Gasteiger partial charge in [0.25, 0.3) is 0 Å². The highest BCUT2D eigenvalue weighted by atomic mass is 32.2. The molecule has 1 aromatic rings. The van der Waals surface area contributed by atoms with Gasteiger partial charge >= 0.3 is 0 Å². The minimum absolute atomic E-state index is 0.0441. The largest absolute Gasteiger partial charge is 0.342 e. The molecule has 2 aliphatic heterocycles. The molecule has 0 N–H and O–H groups in total. The van der Waals surface area contributed by atoms with Crippen molar-refractivity contribution in [2.24, 2.45) is 5.92 Å². The van der Waals surface area contributed by atoms with Crippen molar-refractivity contribution in [1.29, 1.82) is 0 Å². The Morgan fingerprint density at radius 1 is 1.05 bits per heavy atom. The predicted molar refractivity (Wildman–Crippen MR) is 81.8 cm³/mol. The van der Waals surface area contributed by atoms with Crippen LogP contribution in [0.3, 0.4) is 0 Å². The lowest BCUT2D eigenvalue weighted by molar-refractivity contribution is -0.135. The van der Waals surface area contributed by atoms with Gasteiger partial charge in [0.15, 0.2) is 9.84 Å². The second-order valence-electron chi connectivity index (χ2n) is 6.11. The van der Waals surface area contributed by atoms with Crippen LogP contribution in [0.5, 0.6) is 0 Å². The topological polar surface area (TPSA) is 54.5 Å². The molecule has 1 unspecified atom stereocenters. The number of carbonyl (C=O) groups excluding carboxylic acids is 1. The molecule has 1 aromatic carbocycles. The van der Waals surface area contributed by atoms with Gasteiger partial charge in [0.1, 0.15) is 0 Å². The fourth-order valence-corrected chi connectivity index (χ4v) is 5.14. The van der Waals surface area contributed by atoms with E-state index in [1.165, 1.54) is 5.56 Å². The molecule has 21 heavy (non-hydrogen) atoms. The van der Waals surface area contributed by atoms with Crippen molar-refractivity contribution < 1.29 is 13.2 Å². The second kappa shape index (κ2) is 5.79. The number of hydrogen-bond donors (Lipinski definition) is 0. The third-order valence-corrected chi connectivity index (χ3v) is 6.43. The van der Waals surface area contributed by atoms with E-state index in [1.54, 1.807) is 0 Å². The fraction of sp³-hybridized carbons (Fsp3) is 0.562. The first-order valence-electron chi connectivity index (χ1n) is 7.59. The van der Waals surface area contributed by atoms with Crippen LogP contribution in [0.25, 0.3) is 0 Å². The Hall–Kier alpha value is -1.36. The molecule has 0 aliphatic carbocycles. The molecule has 2 saturated heterocycles. The molecule has 0 spiro atoms. The lowest BCUT2D eigenvalue weighted by atomic mass is 9.89. The fourth-order valence-electron chi connectivity index (χ4n) is 3.41. The smallest absolute Gasteiger partial charge is 0.226 e. The monoisotopic (exact) mass is 307 g/mol. The van der Waals surface area contributed by atoms with E-state index in [-0.39, 0.29) is 23.3 Å². The van der Waals surface area contributed by atoms with Gasteiger partial charge in [0.05, 0.1) is 17.4 Å². The number of sulfone groups is 1. The Balaban J connectivity index is 1.57. The molecule has 2 heterocycles. The average Bonchev–Trinajstić information content (AvgIpc) is 2.88. The Labute approximate surface area is 126 Å². The van der Waals surface area contributed by atoms with Gasteiger partial charge in [-0.25, -0.2) is 8.42 Å². The molecule has 0 radical (unpaired) electrons. The molecular formula is C16H21NO3S. The Kier molecular flexibility index (Phi) is 4.02. The van der Waals surface area contributed by atoms with Gasteiger partial charge in [-0.1, -0.05) is 30.3 Å². The normalized spacial score (nSPS) is 25.9. The van der Waals surface area contributed by atoms with Gasteiger partial charge in [-0.2, -0.15) is 0 Å². The number of hydrogen-bond acceptors (Lipinski definition) is 3. The van der Waals surface area contributed by atoms with E-state index in [1.807, 2.05) is 11.0 Å². The summed E-state index contributed by atoms with van der Waals surface area (Å²) in [6.07, 6.45) is 2.43. The minimum atomic E-state index is -2.98. The highest BCUT2D eigenvalue weighted by molar-refractivity contribution is 7.91. The second-order valence-corrected chi connectivity index (χ2v) is 8.34. The highest BCUT2D eigenvalue weighted by Gasteiger charge is 2.36. The average molecular weight is 307 g/mol. The summed E-state index contributed by atoms with van der Waals surface area (Å²) < 4.78 is 23.0. The SMILES string of the molecule is O=C(C1CCS(=O)(=O)C1)N1CCC(c2ccccc2)CC1. The molecule has 1 amide bonds. The van der Waals surface area contributed by atoms with Gasteiger partial charge in [0.2, 0.25) is 5.91 Å². The molecule has 2 fully saturated rings. The zero-order valence-corrected chi connectivity index (χ0v) is 12.9. The van der Waals surface area contributed by atoms with Crippen molar-refractivity contribution in [2.75, 3.05) is 24.6 Å². The third kappa shape index (κ3) is 3.28. The summed E-state index contributed by atoms with van der Waals surface area (Å²) in [5.74, 6) is 0.474. The first-order valence-corrected chi connectivity index (χ1v) is 9.41. The van der Waals surface area contributed by atoms with Crippen molar-refractivity contribution >= 4 is 15.7 Å². The number of benzene rings is 1. The Bertz CT molecular complexity index is 604. The van der Waals surface area contributed by atoms with Crippen LogP contribution in [0.15, 0.2) is 30.3 Å². The zero-order chi connectivity index (χ0) is 14.9. The summed E-state index contributed by atoms with van der Waals surface area (Å²) in [5.41, 5.74) is 1.34. The number of amides is 1. The van der Waals surface area contributed by atoms with Gasteiger partial charge < -0.3 is 4.90 Å². The molecule has 5 heteroatoms. The van der Waals surface area contributed by atoms with E-state index < -0.39 is 9.84 Å². The molecule has 0 bridgehead atoms. The standard InChI is InChI=1S/C16H21NO3S/c18-16(15-8-11-21(19,20)12-15)17-9-6-14(7-10-17)13-4-2-1-3-5-13/h1-5,14-15H,6-12H2. The van der Waals surface area contributed by atoms with E-state index in [0.717, 1.165) is 25.9 Å². The lowest BCUT2D eigenvalue weighted by Crippen LogP contribution is -2.41. The van der Waals surface area contributed by atoms with Crippen molar-refractivity contribution in [3.63, 3.8) is 0 Å². The Morgan fingerprint density at radius 3 is 2.29 bits per heavy atom. The molecule has 1 atom stereocenters. The zero-order valence-electron chi connectivity index (χ0n) is 12.1. The van der Waals surface area contributed by atoms with Crippen LogP contribution in [0.1, 0.15) is 30.7 Å². The van der Waals surface area contributed by atoms with Gasteiger partial charge in [-0.3, -0.25) is 4.79 Å². The van der Waals surface area contributed by atoms with Crippen LogP contribution in [0.4, 0.5) is 0 Å². The molecule has 4 nitrogen and oxygen atoms in total. The first-order chi connectivity index (χ1) is 10.1. The van der Waals surface area contributed by atoms with E-state index in [2.05, 4.69) is 24.3 Å². The summed E-state index contributed by atoms with van der Waals surface area (Å²) in [6.45, 7) is 1.49. The van der Waals surface area contributed by atoms with Crippen LogP contribution in [-0.4, -0.2) is 43.8 Å². The molecule has 0 saturated carbocycles. The van der Waals surface area contributed by atoms with Gasteiger partial charge in [-0.15, -0.1) is 0 Å². The third-order valence-electron chi connectivity index (χ3n) is 4.66. The van der Waals surface area contributed by atoms with Crippen LogP contribution in [-0.2, 0) is 14.6 Å². The predicted octanol–water partition coefficient (Wildman–Crippen LogP) is 1.83. The van der Waals surface area contributed by atoms with Crippen molar-refractivity contribution in [1.82, 2.24) is 4.90 Å². The van der Waals surface area contributed by atoms with Crippen molar-refractivity contribution in [3.05, 3.63) is 35.9 Å². The number of carbonyl (C=O) groups is 1. The first kappa shape index (κ1) is 14.6. The number of nitrogens with zero attached hydrogens (tertiary/aromatic N) is 1.